The standard InChI is InChI=1S/C12H13ClN4/c13-11-4-3-8(6-15-11)10-7-16-12(17-10)9-2-1-5-14-9/h3-4,6-7,9,14H,1-2,5H2,(H,16,17). The molecule has 2 N–H and O–H groups in total. The molecule has 1 aliphatic rings. The monoisotopic (exact) mass is 248 g/mol. The Morgan fingerprint density at radius 1 is 1.24 bits per heavy atom. The van der Waals surface area contributed by atoms with Gasteiger partial charge in [0.05, 0.1) is 17.9 Å². The van der Waals surface area contributed by atoms with Crippen molar-refractivity contribution in [3.05, 3.63) is 35.5 Å². The summed E-state index contributed by atoms with van der Waals surface area (Å²) in [6.07, 6.45) is 5.96. The summed E-state index contributed by atoms with van der Waals surface area (Å²) >= 11 is 5.76. The summed E-state index contributed by atoms with van der Waals surface area (Å²) in [4.78, 5) is 11.8. The SMILES string of the molecule is Clc1ccc(-c2cnc(C3CCCN3)[nH]2)cn1. The van der Waals surface area contributed by atoms with Gasteiger partial charge in [0.2, 0.25) is 0 Å². The Bertz CT molecular complexity index is 499. The maximum Gasteiger partial charge on any atom is 0.129 e. The lowest BCUT2D eigenvalue weighted by Crippen LogP contribution is -2.14. The van der Waals surface area contributed by atoms with Gasteiger partial charge in [0, 0.05) is 11.8 Å². The Morgan fingerprint density at radius 3 is 2.88 bits per heavy atom. The van der Waals surface area contributed by atoms with E-state index in [0.29, 0.717) is 11.2 Å². The largest absolute Gasteiger partial charge is 0.341 e. The van der Waals surface area contributed by atoms with Crippen molar-refractivity contribution in [2.75, 3.05) is 6.54 Å². The molecule has 5 heteroatoms. The molecule has 4 nitrogen and oxygen atoms in total. The molecule has 3 heterocycles. The summed E-state index contributed by atoms with van der Waals surface area (Å²) in [5.41, 5.74) is 1.99. The first-order chi connectivity index (χ1) is 8.33. The molecule has 0 bridgehead atoms. The molecule has 2 aromatic rings. The lowest BCUT2D eigenvalue weighted by molar-refractivity contribution is 0.613. The zero-order valence-electron chi connectivity index (χ0n) is 9.28. The first kappa shape index (κ1) is 10.7. The molecule has 17 heavy (non-hydrogen) atoms. The maximum atomic E-state index is 5.76. The minimum absolute atomic E-state index is 0.365. The molecule has 1 unspecified atom stereocenters. The van der Waals surface area contributed by atoms with E-state index in [1.54, 1.807) is 12.3 Å². The van der Waals surface area contributed by atoms with Crippen molar-refractivity contribution in [1.29, 1.82) is 0 Å². The van der Waals surface area contributed by atoms with Gasteiger partial charge in [-0.05, 0) is 31.5 Å². The third kappa shape index (κ3) is 2.18. The van der Waals surface area contributed by atoms with Crippen molar-refractivity contribution in [3.8, 4) is 11.3 Å². The lowest BCUT2D eigenvalue weighted by Gasteiger charge is -2.05. The molecular weight excluding hydrogens is 236 g/mol. The molecule has 0 amide bonds. The zero-order valence-corrected chi connectivity index (χ0v) is 10.0. The molecule has 1 aliphatic heterocycles. The lowest BCUT2D eigenvalue weighted by atomic mass is 10.2. The molecule has 0 aromatic carbocycles. The van der Waals surface area contributed by atoms with E-state index in [9.17, 15) is 0 Å². The van der Waals surface area contributed by atoms with Crippen LogP contribution in [-0.2, 0) is 0 Å². The van der Waals surface area contributed by atoms with Crippen molar-refractivity contribution < 1.29 is 0 Å². The van der Waals surface area contributed by atoms with Gasteiger partial charge >= 0.3 is 0 Å². The van der Waals surface area contributed by atoms with Crippen LogP contribution in [0.5, 0.6) is 0 Å². The third-order valence-corrected chi connectivity index (χ3v) is 3.25. The second-order valence-corrected chi connectivity index (χ2v) is 4.59. The van der Waals surface area contributed by atoms with Gasteiger partial charge in [-0.25, -0.2) is 9.97 Å². The van der Waals surface area contributed by atoms with Crippen molar-refractivity contribution in [3.63, 3.8) is 0 Å². The van der Waals surface area contributed by atoms with Crippen molar-refractivity contribution in [1.82, 2.24) is 20.3 Å². The molecule has 1 fully saturated rings. The molecule has 0 saturated carbocycles. The Balaban J connectivity index is 1.86. The Morgan fingerprint density at radius 2 is 2.18 bits per heavy atom. The van der Waals surface area contributed by atoms with E-state index >= 15 is 0 Å². The zero-order chi connectivity index (χ0) is 11.7. The fraction of sp³-hybridized carbons (Fsp3) is 0.333. The number of hydrogen-bond acceptors (Lipinski definition) is 3. The molecule has 3 rings (SSSR count). The average molecular weight is 249 g/mol. The van der Waals surface area contributed by atoms with Crippen LogP contribution in [0.25, 0.3) is 11.3 Å². The van der Waals surface area contributed by atoms with E-state index in [-0.39, 0.29) is 0 Å². The van der Waals surface area contributed by atoms with Crippen LogP contribution < -0.4 is 5.32 Å². The van der Waals surface area contributed by atoms with Crippen molar-refractivity contribution in [2.45, 2.75) is 18.9 Å². The highest BCUT2D eigenvalue weighted by Crippen LogP contribution is 2.23. The Hall–Kier alpha value is -1.39. The van der Waals surface area contributed by atoms with Crippen molar-refractivity contribution in [2.24, 2.45) is 0 Å². The number of rotatable bonds is 2. The van der Waals surface area contributed by atoms with Gasteiger partial charge in [0.1, 0.15) is 11.0 Å². The highest BCUT2D eigenvalue weighted by atomic mass is 35.5. The summed E-state index contributed by atoms with van der Waals surface area (Å²) in [5, 5.41) is 3.92. The minimum Gasteiger partial charge on any atom is -0.341 e. The van der Waals surface area contributed by atoms with E-state index in [2.05, 4.69) is 20.3 Å². The number of halogens is 1. The summed E-state index contributed by atoms with van der Waals surface area (Å²) in [5.74, 6) is 1.01. The molecule has 88 valence electrons. The van der Waals surface area contributed by atoms with Crippen molar-refractivity contribution >= 4 is 11.6 Å². The predicted molar refractivity (Wildman–Crippen MR) is 66.8 cm³/mol. The average Bonchev–Trinajstić information content (AvgIpc) is 3.00. The fourth-order valence-corrected chi connectivity index (χ4v) is 2.23. The number of nitrogens with one attached hydrogen (secondary N) is 2. The third-order valence-electron chi connectivity index (χ3n) is 3.02. The fourth-order valence-electron chi connectivity index (χ4n) is 2.11. The van der Waals surface area contributed by atoms with Crippen LogP contribution in [0.1, 0.15) is 24.7 Å². The van der Waals surface area contributed by atoms with E-state index < -0.39 is 0 Å². The van der Waals surface area contributed by atoms with Gasteiger partial charge in [-0.3, -0.25) is 0 Å². The van der Waals surface area contributed by atoms with Crippen LogP contribution in [0.15, 0.2) is 24.5 Å². The number of pyridine rings is 1. The summed E-state index contributed by atoms with van der Waals surface area (Å²) in [6, 6.07) is 4.09. The molecule has 2 aromatic heterocycles. The van der Waals surface area contributed by atoms with E-state index in [1.165, 1.54) is 6.42 Å². The normalized spacial score (nSPS) is 19.7. The van der Waals surface area contributed by atoms with Crippen LogP contribution in [0.2, 0.25) is 5.15 Å². The van der Waals surface area contributed by atoms with Gasteiger partial charge in [-0.15, -0.1) is 0 Å². The summed E-state index contributed by atoms with van der Waals surface area (Å²) in [7, 11) is 0. The molecule has 0 radical (unpaired) electrons. The quantitative estimate of drug-likeness (QED) is 0.803. The van der Waals surface area contributed by atoms with Crippen LogP contribution in [0, 0.1) is 0 Å². The highest BCUT2D eigenvalue weighted by Gasteiger charge is 2.19. The Kier molecular flexibility index (Phi) is 2.82. The number of H-pyrrole nitrogens is 1. The summed E-state index contributed by atoms with van der Waals surface area (Å²) < 4.78 is 0. The first-order valence-corrected chi connectivity index (χ1v) is 6.11. The number of imidazole rings is 1. The number of hydrogen-bond donors (Lipinski definition) is 2. The molecule has 1 atom stereocenters. The van der Waals surface area contributed by atoms with Crippen LogP contribution >= 0.6 is 11.6 Å². The second kappa shape index (κ2) is 4.47. The van der Waals surface area contributed by atoms with Gasteiger partial charge in [-0.1, -0.05) is 11.6 Å². The molecular formula is C12H13ClN4. The van der Waals surface area contributed by atoms with Gasteiger partial charge < -0.3 is 10.3 Å². The molecule has 0 spiro atoms. The topological polar surface area (TPSA) is 53.6 Å². The minimum atomic E-state index is 0.365. The maximum absolute atomic E-state index is 5.76. The number of nitrogens with zero attached hydrogens (tertiary/aromatic N) is 2. The predicted octanol–water partition coefficient (Wildman–Crippen LogP) is 2.55. The van der Waals surface area contributed by atoms with Crippen LogP contribution in [0.3, 0.4) is 0 Å². The van der Waals surface area contributed by atoms with Gasteiger partial charge in [0.25, 0.3) is 0 Å². The smallest absolute Gasteiger partial charge is 0.129 e. The second-order valence-electron chi connectivity index (χ2n) is 4.20. The first-order valence-electron chi connectivity index (χ1n) is 5.73. The number of aromatic amines is 1. The Labute approximate surface area is 104 Å². The van der Waals surface area contributed by atoms with Gasteiger partial charge in [0.15, 0.2) is 0 Å². The van der Waals surface area contributed by atoms with Gasteiger partial charge in [-0.2, -0.15) is 0 Å². The van der Waals surface area contributed by atoms with E-state index in [4.69, 9.17) is 11.6 Å². The van der Waals surface area contributed by atoms with E-state index in [1.807, 2.05) is 12.3 Å². The molecule has 1 saturated heterocycles. The summed E-state index contributed by atoms with van der Waals surface area (Å²) in [6.45, 7) is 1.07. The number of aromatic nitrogens is 3. The molecule has 0 aliphatic carbocycles. The van der Waals surface area contributed by atoms with Crippen LogP contribution in [0.4, 0.5) is 0 Å². The van der Waals surface area contributed by atoms with E-state index in [0.717, 1.165) is 30.0 Å². The van der Waals surface area contributed by atoms with Crippen LogP contribution in [-0.4, -0.2) is 21.5 Å². The highest BCUT2D eigenvalue weighted by molar-refractivity contribution is 6.29.